The summed E-state index contributed by atoms with van der Waals surface area (Å²) in [5.41, 5.74) is 5.03. The third-order valence-corrected chi connectivity index (χ3v) is 3.56. The summed E-state index contributed by atoms with van der Waals surface area (Å²) in [5, 5.41) is 7.05. The van der Waals surface area contributed by atoms with E-state index in [2.05, 4.69) is 78.2 Å². The lowest BCUT2D eigenvalue weighted by Crippen LogP contribution is -2.32. The number of nitrogens with zero attached hydrogens (tertiary/aromatic N) is 1. The van der Waals surface area contributed by atoms with E-state index in [1.165, 1.54) is 22.5 Å². The Kier molecular flexibility index (Phi) is 3.13. The highest BCUT2D eigenvalue weighted by Gasteiger charge is 2.17. The van der Waals surface area contributed by atoms with Crippen LogP contribution in [0.2, 0.25) is 0 Å². The summed E-state index contributed by atoms with van der Waals surface area (Å²) in [4.78, 5) is 2.11. The number of rotatable bonds is 2. The van der Waals surface area contributed by atoms with Crippen LogP contribution in [0.4, 0.5) is 11.4 Å². The molecule has 1 aliphatic heterocycles. The average molecular weight is 253 g/mol. The molecule has 2 N–H and O–H groups in total. The van der Waals surface area contributed by atoms with Gasteiger partial charge in [0, 0.05) is 32.0 Å². The summed E-state index contributed by atoms with van der Waals surface area (Å²) < 4.78 is 0. The van der Waals surface area contributed by atoms with Crippen LogP contribution in [0.1, 0.15) is 17.3 Å². The van der Waals surface area contributed by atoms with Gasteiger partial charge in [-0.2, -0.15) is 0 Å². The molecule has 1 unspecified atom stereocenters. The van der Waals surface area contributed by atoms with Gasteiger partial charge in [-0.1, -0.05) is 30.3 Å². The predicted octanol–water partition coefficient (Wildman–Crippen LogP) is 2.97. The van der Waals surface area contributed by atoms with Crippen molar-refractivity contribution in [3.8, 4) is 0 Å². The van der Waals surface area contributed by atoms with Gasteiger partial charge in [-0.25, -0.2) is 0 Å². The topological polar surface area (TPSA) is 27.3 Å². The zero-order valence-corrected chi connectivity index (χ0v) is 11.4. The summed E-state index contributed by atoms with van der Waals surface area (Å²) in [7, 11) is 4.12. The van der Waals surface area contributed by atoms with Gasteiger partial charge >= 0.3 is 0 Å². The third kappa shape index (κ3) is 2.42. The molecule has 0 fully saturated rings. The molecular weight excluding hydrogens is 234 g/mol. The van der Waals surface area contributed by atoms with Crippen molar-refractivity contribution in [1.82, 2.24) is 5.32 Å². The van der Waals surface area contributed by atoms with Crippen molar-refractivity contribution in [2.24, 2.45) is 0 Å². The quantitative estimate of drug-likeness (QED) is 0.861. The van der Waals surface area contributed by atoms with Gasteiger partial charge in [0.05, 0.1) is 0 Å². The largest absolute Gasteiger partial charge is 0.378 e. The van der Waals surface area contributed by atoms with E-state index in [0.29, 0.717) is 0 Å². The van der Waals surface area contributed by atoms with E-state index in [4.69, 9.17) is 0 Å². The van der Waals surface area contributed by atoms with Crippen molar-refractivity contribution >= 4 is 11.4 Å². The monoisotopic (exact) mass is 253 g/mol. The lowest BCUT2D eigenvalue weighted by atomic mass is 10.1. The van der Waals surface area contributed by atoms with Crippen molar-refractivity contribution < 1.29 is 0 Å². The number of nitrogens with one attached hydrogen (secondary N) is 2. The Morgan fingerprint density at radius 1 is 1.00 bits per heavy atom. The number of fused-ring (bicyclic) bond motifs is 1. The first kappa shape index (κ1) is 12.1. The third-order valence-electron chi connectivity index (χ3n) is 3.56. The Balaban J connectivity index is 1.81. The second-order valence-electron chi connectivity index (χ2n) is 5.10. The average Bonchev–Trinajstić information content (AvgIpc) is 2.47. The zero-order chi connectivity index (χ0) is 13.2. The van der Waals surface area contributed by atoms with Crippen molar-refractivity contribution in [2.45, 2.75) is 12.7 Å². The molecule has 0 amide bonds. The highest BCUT2D eigenvalue weighted by molar-refractivity contribution is 5.55. The molecule has 2 aromatic rings. The molecule has 3 heteroatoms. The molecular formula is C16H19N3. The Hall–Kier alpha value is -2.00. The fourth-order valence-corrected chi connectivity index (χ4v) is 2.40. The molecule has 0 radical (unpaired) electrons. The first-order valence-electron chi connectivity index (χ1n) is 6.59. The molecule has 0 aromatic heterocycles. The van der Waals surface area contributed by atoms with Gasteiger partial charge in [-0.3, -0.25) is 5.32 Å². The maximum absolute atomic E-state index is 3.54. The van der Waals surface area contributed by atoms with Gasteiger partial charge in [-0.05, 0) is 29.3 Å². The summed E-state index contributed by atoms with van der Waals surface area (Å²) in [6.45, 7) is 0.906. The Bertz CT molecular complexity index is 560. The van der Waals surface area contributed by atoms with E-state index >= 15 is 0 Å². The summed E-state index contributed by atoms with van der Waals surface area (Å²) in [6, 6.07) is 17.1. The SMILES string of the molecule is CN(C)c1ccc(C2NCc3ccccc3N2)cc1. The zero-order valence-electron chi connectivity index (χ0n) is 11.4. The van der Waals surface area contributed by atoms with Crippen molar-refractivity contribution in [1.29, 1.82) is 0 Å². The minimum atomic E-state index is 0.186. The molecule has 1 heterocycles. The van der Waals surface area contributed by atoms with Crippen LogP contribution in [0.3, 0.4) is 0 Å². The molecule has 1 aliphatic rings. The van der Waals surface area contributed by atoms with Crippen LogP contribution < -0.4 is 15.5 Å². The molecule has 3 nitrogen and oxygen atoms in total. The first-order valence-corrected chi connectivity index (χ1v) is 6.59. The molecule has 1 atom stereocenters. The standard InChI is InChI=1S/C16H19N3/c1-19(2)14-9-7-12(8-10-14)16-17-11-13-5-3-4-6-15(13)18-16/h3-10,16-18H,11H2,1-2H3. The number of benzene rings is 2. The number of hydrogen-bond donors (Lipinski definition) is 2. The van der Waals surface area contributed by atoms with E-state index in [1.54, 1.807) is 0 Å². The van der Waals surface area contributed by atoms with Gasteiger partial charge in [0.2, 0.25) is 0 Å². The molecule has 0 spiro atoms. The normalized spacial score (nSPS) is 17.5. The first-order chi connectivity index (χ1) is 9.24. The number of para-hydroxylation sites is 1. The van der Waals surface area contributed by atoms with E-state index in [9.17, 15) is 0 Å². The minimum Gasteiger partial charge on any atom is -0.378 e. The van der Waals surface area contributed by atoms with Crippen molar-refractivity contribution in [3.63, 3.8) is 0 Å². The van der Waals surface area contributed by atoms with Gasteiger partial charge in [0.25, 0.3) is 0 Å². The summed E-state index contributed by atoms with van der Waals surface area (Å²) in [5.74, 6) is 0. The molecule has 0 saturated heterocycles. The van der Waals surface area contributed by atoms with Crippen LogP contribution in [0.25, 0.3) is 0 Å². The molecule has 98 valence electrons. The van der Waals surface area contributed by atoms with E-state index in [1.807, 2.05) is 0 Å². The lowest BCUT2D eigenvalue weighted by molar-refractivity contribution is 0.566. The molecule has 0 bridgehead atoms. The van der Waals surface area contributed by atoms with Gasteiger partial charge in [0.1, 0.15) is 6.17 Å². The van der Waals surface area contributed by atoms with Crippen molar-refractivity contribution in [2.75, 3.05) is 24.3 Å². The highest BCUT2D eigenvalue weighted by atomic mass is 15.1. The van der Waals surface area contributed by atoms with Crippen LogP contribution in [0.5, 0.6) is 0 Å². The maximum atomic E-state index is 3.54. The smallest absolute Gasteiger partial charge is 0.103 e. The molecule has 19 heavy (non-hydrogen) atoms. The second-order valence-corrected chi connectivity index (χ2v) is 5.10. The Morgan fingerprint density at radius 2 is 1.74 bits per heavy atom. The predicted molar refractivity (Wildman–Crippen MR) is 80.4 cm³/mol. The van der Waals surface area contributed by atoms with Crippen LogP contribution >= 0.6 is 0 Å². The minimum absolute atomic E-state index is 0.186. The van der Waals surface area contributed by atoms with E-state index in [-0.39, 0.29) is 6.17 Å². The lowest BCUT2D eigenvalue weighted by Gasteiger charge is -2.29. The van der Waals surface area contributed by atoms with Crippen LogP contribution in [-0.4, -0.2) is 14.1 Å². The Labute approximate surface area is 114 Å². The molecule has 3 rings (SSSR count). The molecule has 2 aromatic carbocycles. The summed E-state index contributed by atoms with van der Waals surface area (Å²) in [6.07, 6.45) is 0.186. The van der Waals surface area contributed by atoms with E-state index < -0.39 is 0 Å². The summed E-state index contributed by atoms with van der Waals surface area (Å²) >= 11 is 0. The second kappa shape index (κ2) is 4.94. The van der Waals surface area contributed by atoms with Crippen LogP contribution in [-0.2, 0) is 6.54 Å². The fourth-order valence-electron chi connectivity index (χ4n) is 2.40. The van der Waals surface area contributed by atoms with Crippen LogP contribution in [0.15, 0.2) is 48.5 Å². The van der Waals surface area contributed by atoms with E-state index in [0.717, 1.165) is 6.54 Å². The fraction of sp³-hybridized carbons (Fsp3) is 0.250. The highest BCUT2D eigenvalue weighted by Crippen LogP contribution is 2.26. The number of hydrogen-bond acceptors (Lipinski definition) is 3. The van der Waals surface area contributed by atoms with Crippen LogP contribution in [0, 0.1) is 0 Å². The van der Waals surface area contributed by atoms with Gasteiger partial charge in [0.15, 0.2) is 0 Å². The van der Waals surface area contributed by atoms with Gasteiger partial charge in [-0.15, -0.1) is 0 Å². The Morgan fingerprint density at radius 3 is 2.47 bits per heavy atom. The molecule has 0 saturated carbocycles. The van der Waals surface area contributed by atoms with Gasteiger partial charge < -0.3 is 10.2 Å². The number of anilines is 2. The van der Waals surface area contributed by atoms with Crippen molar-refractivity contribution in [3.05, 3.63) is 59.7 Å². The maximum Gasteiger partial charge on any atom is 0.103 e. The molecule has 0 aliphatic carbocycles.